The fourth-order valence-electron chi connectivity index (χ4n) is 1.44. The van der Waals surface area contributed by atoms with Gasteiger partial charge in [-0.15, -0.1) is 11.3 Å². The smallest absolute Gasteiger partial charge is 0.0954 e. The Morgan fingerprint density at radius 1 is 1.57 bits per heavy atom. The molecule has 1 unspecified atom stereocenters. The first-order valence-corrected chi connectivity index (χ1v) is 5.30. The van der Waals surface area contributed by atoms with E-state index in [1.54, 1.807) is 23.9 Å². The first-order chi connectivity index (χ1) is 6.81. The van der Waals surface area contributed by atoms with E-state index in [1.807, 2.05) is 20.0 Å². The third-order valence-electron chi connectivity index (χ3n) is 2.10. The van der Waals surface area contributed by atoms with Crippen LogP contribution < -0.4 is 5.32 Å². The molecule has 2 aromatic heterocycles. The minimum Gasteiger partial charge on any atom is -0.472 e. The maximum Gasteiger partial charge on any atom is 0.0954 e. The van der Waals surface area contributed by atoms with Gasteiger partial charge in [-0.2, -0.15) is 0 Å². The van der Waals surface area contributed by atoms with Crippen molar-refractivity contribution in [2.24, 2.45) is 0 Å². The van der Waals surface area contributed by atoms with Crippen LogP contribution >= 0.6 is 11.3 Å². The Balaban J connectivity index is 2.31. The number of furan rings is 1. The molecule has 0 amide bonds. The SMILES string of the molecule is CNC(c1ccoc1)c1csc(C)n1. The zero-order chi connectivity index (χ0) is 9.97. The van der Waals surface area contributed by atoms with Crippen molar-refractivity contribution in [3.05, 3.63) is 40.2 Å². The Morgan fingerprint density at radius 3 is 2.93 bits per heavy atom. The number of aromatic nitrogens is 1. The minimum atomic E-state index is 0.138. The maximum atomic E-state index is 5.06. The third kappa shape index (κ3) is 1.71. The zero-order valence-corrected chi connectivity index (χ0v) is 8.97. The molecule has 2 rings (SSSR count). The fourth-order valence-corrected chi connectivity index (χ4v) is 2.08. The molecule has 0 fully saturated rings. The number of aryl methyl sites for hydroxylation is 1. The zero-order valence-electron chi connectivity index (χ0n) is 8.15. The number of hydrogen-bond acceptors (Lipinski definition) is 4. The van der Waals surface area contributed by atoms with E-state index in [1.165, 1.54) is 0 Å². The second kappa shape index (κ2) is 3.94. The lowest BCUT2D eigenvalue weighted by Crippen LogP contribution is -2.17. The number of thiazole rings is 1. The van der Waals surface area contributed by atoms with Crippen LogP contribution in [0.3, 0.4) is 0 Å². The minimum absolute atomic E-state index is 0.138. The second-order valence-corrected chi connectivity index (χ2v) is 4.13. The van der Waals surface area contributed by atoms with E-state index in [0.29, 0.717) is 0 Å². The van der Waals surface area contributed by atoms with Crippen LogP contribution in [-0.2, 0) is 0 Å². The average molecular weight is 208 g/mol. The van der Waals surface area contributed by atoms with Crippen molar-refractivity contribution in [2.75, 3.05) is 7.05 Å². The van der Waals surface area contributed by atoms with Gasteiger partial charge in [0.05, 0.1) is 29.3 Å². The van der Waals surface area contributed by atoms with E-state index in [-0.39, 0.29) is 6.04 Å². The molecule has 0 aliphatic heterocycles. The van der Waals surface area contributed by atoms with Gasteiger partial charge in [0.15, 0.2) is 0 Å². The molecule has 0 bridgehead atoms. The number of rotatable bonds is 3. The van der Waals surface area contributed by atoms with E-state index in [2.05, 4.69) is 15.7 Å². The largest absolute Gasteiger partial charge is 0.472 e. The summed E-state index contributed by atoms with van der Waals surface area (Å²) < 4.78 is 5.06. The molecule has 0 aromatic carbocycles. The van der Waals surface area contributed by atoms with E-state index >= 15 is 0 Å². The number of hydrogen-bond donors (Lipinski definition) is 1. The summed E-state index contributed by atoms with van der Waals surface area (Å²) >= 11 is 1.66. The van der Waals surface area contributed by atoms with Crippen molar-refractivity contribution in [1.82, 2.24) is 10.3 Å². The quantitative estimate of drug-likeness (QED) is 0.841. The molecule has 3 nitrogen and oxygen atoms in total. The molecule has 2 aromatic rings. The molecule has 1 atom stereocenters. The summed E-state index contributed by atoms with van der Waals surface area (Å²) in [5, 5.41) is 6.38. The highest BCUT2D eigenvalue weighted by Gasteiger charge is 2.15. The standard InChI is InChI=1S/C10H12N2OS/c1-7-12-9(6-14-7)10(11-2)8-3-4-13-5-8/h3-6,10-11H,1-2H3. The highest BCUT2D eigenvalue weighted by atomic mass is 32.1. The van der Waals surface area contributed by atoms with E-state index in [4.69, 9.17) is 4.42 Å². The predicted octanol–water partition coefficient (Wildman–Crippen LogP) is 2.35. The molecular formula is C10H12N2OS. The molecule has 14 heavy (non-hydrogen) atoms. The Kier molecular flexibility index (Phi) is 2.65. The van der Waals surface area contributed by atoms with Crippen LogP contribution in [0.2, 0.25) is 0 Å². The van der Waals surface area contributed by atoms with E-state index in [0.717, 1.165) is 16.3 Å². The highest BCUT2D eigenvalue weighted by Crippen LogP contribution is 2.23. The highest BCUT2D eigenvalue weighted by molar-refractivity contribution is 7.09. The van der Waals surface area contributed by atoms with Crippen molar-refractivity contribution < 1.29 is 4.42 Å². The van der Waals surface area contributed by atoms with Crippen LogP contribution in [0.4, 0.5) is 0 Å². The van der Waals surface area contributed by atoms with Crippen molar-refractivity contribution in [3.63, 3.8) is 0 Å². The van der Waals surface area contributed by atoms with Gasteiger partial charge in [-0.25, -0.2) is 4.98 Å². The summed E-state index contributed by atoms with van der Waals surface area (Å²) in [5.41, 5.74) is 2.16. The molecular weight excluding hydrogens is 196 g/mol. The first-order valence-electron chi connectivity index (χ1n) is 4.42. The first kappa shape index (κ1) is 9.43. The molecule has 0 aliphatic rings. The van der Waals surface area contributed by atoms with Crippen LogP contribution in [0, 0.1) is 6.92 Å². The van der Waals surface area contributed by atoms with Crippen LogP contribution in [0.1, 0.15) is 22.3 Å². The number of nitrogens with zero attached hydrogens (tertiary/aromatic N) is 1. The monoisotopic (exact) mass is 208 g/mol. The molecule has 2 heterocycles. The summed E-state index contributed by atoms with van der Waals surface area (Å²) in [7, 11) is 1.92. The topological polar surface area (TPSA) is 38.1 Å². The predicted molar refractivity (Wildman–Crippen MR) is 56.5 cm³/mol. The Morgan fingerprint density at radius 2 is 2.43 bits per heavy atom. The van der Waals surface area contributed by atoms with Gasteiger partial charge >= 0.3 is 0 Å². The van der Waals surface area contributed by atoms with Gasteiger partial charge in [-0.1, -0.05) is 0 Å². The molecule has 0 radical (unpaired) electrons. The van der Waals surface area contributed by atoms with Crippen LogP contribution in [0.15, 0.2) is 28.4 Å². The van der Waals surface area contributed by atoms with Crippen molar-refractivity contribution in [1.29, 1.82) is 0 Å². The third-order valence-corrected chi connectivity index (χ3v) is 2.89. The molecule has 0 spiro atoms. The lowest BCUT2D eigenvalue weighted by molar-refractivity contribution is 0.556. The Labute approximate surface area is 86.8 Å². The average Bonchev–Trinajstić information content (AvgIpc) is 2.79. The van der Waals surface area contributed by atoms with Gasteiger partial charge in [0.25, 0.3) is 0 Å². The van der Waals surface area contributed by atoms with Gasteiger partial charge in [-0.05, 0) is 20.0 Å². The fraction of sp³-hybridized carbons (Fsp3) is 0.300. The van der Waals surface area contributed by atoms with Crippen molar-refractivity contribution in [2.45, 2.75) is 13.0 Å². The molecule has 1 N–H and O–H groups in total. The summed E-state index contributed by atoms with van der Waals surface area (Å²) in [6.45, 7) is 2.01. The second-order valence-electron chi connectivity index (χ2n) is 3.07. The molecule has 74 valence electrons. The van der Waals surface area contributed by atoms with E-state index in [9.17, 15) is 0 Å². The van der Waals surface area contributed by atoms with Gasteiger partial charge in [0, 0.05) is 10.9 Å². The van der Waals surface area contributed by atoms with Gasteiger partial charge in [-0.3, -0.25) is 0 Å². The summed E-state index contributed by atoms with van der Waals surface area (Å²) in [6.07, 6.45) is 3.43. The number of nitrogens with one attached hydrogen (secondary N) is 1. The lowest BCUT2D eigenvalue weighted by atomic mass is 10.1. The van der Waals surface area contributed by atoms with Crippen LogP contribution in [-0.4, -0.2) is 12.0 Å². The summed E-state index contributed by atoms with van der Waals surface area (Å²) in [4.78, 5) is 4.45. The molecule has 0 saturated carbocycles. The lowest BCUT2D eigenvalue weighted by Gasteiger charge is -2.10. The van der Waals surface area contributed by atoms with Gasteiger partial charge in [0.1, 0.15) is 0 Å². The Bertz CT molecular complexity index is 394. The van der Waals surface area contributed by atoms with Crippen molar-refractivity contribution >= 4 is 11.3 Å². The van der Waals surface area contributed by atoms with Gasteiger partial charge in [0.2, 0.25) is 0 Å². The van der Waals surface area contributed by atoms with Gasteiger partial charge < -0.3 is 9.73 Å². The normalized spacial score (nSPS) is 13.0. The molecule has 4 heteroatoms. The van der Waals surface area contributed by atoms with Crippen LogP contribution in [0.5, 0.6) is 0 Å². The Hall–Kier alpha value is -1.13. The molecule has 0 aliphatic carbocycles. The summed E-state index contributed by atoms with van der Waals surface area (Å²) in [6, 6.07) is 2.09. The van der Waals surface area contributed by atoms with E-state index < -0.39 is 0 Å². The van der Waals surface area contributed by atoms with Crippen molar-refractivity contribution in [3.8, 4) is 0 Å². The van der Waals surface area contributed by atoms with Crippen LogP contribution in [0.25, 0.3) is 0 Å². The maximum absolute atomic E-state index is 5.06. The summed E-state index contributed by atoms with van der Waals surface area (Å²) in [5.74, 6) is 0. The molecule has 0 saturated heterocycles.